The Bertz CT molecular complexity index is 224. The van der Waals surface area contributed by atoms with Crippen molar-refractivity contribution in [2.45, 2.75) is 69.9 Å². The normalized spacial score (nSPS) is 28.7. The van der Waals surface area contributed by atoms with E-state index in [0.717, 1.165) is 12.8 Å². The molecule has 0 aromatic rings. The van der Waals surface area contributed by atoms with Gasteiger partial charge >= 0.3 is 0 Å². The minimum absolute atomic E-state index is 0.0698. The van der Waals surface area contributed by atoms with Gasteiger partial charge in [0.25, 0.3) is 0 Å². The van der Waals surface area contributed by atoms with Crippen molar-refractivity contribution in [2.75, 3.05) is 19.8 Å². The van der Waals surface area contributed by atoms with Crippen molar-refractivity contribution < 1.29 is 24.8 Å². The predicted octanol–water partition coefficient (Wildman–Crippen LogP) is 0.845. The Kier molecular flexibility index (Phi) is 8.57. The second-order valence-electron chi connectivity index (χ2n) is 5.27. The molecule has 1 aliphatic heterocycles. The molecule has 0 unspecified atom stereocenters. The van der Waals surface area contributed by atoms with Crippen molar-refractivity contribution in [2.24, 2.45) is 0 Å². The Morgan fingerprint density at radius 1 is 1.16 bits per heavy atom. The van der Waals surface area contributed by atoms with E-state index >= 15 is 0 Å². The SMILES string of the molecule is CCCCCCCCOC[C@H](O)[C@H]1OC[C@@H](O)[C@H]1O. The van der Waals surface area contributed by atoms with Gasteiger partial charge in [-0.05, 0) is 6.42 Å². The molecular formula is C14H28O5. The summed E-state index contributed by atoms with van der Waals surface area (Å²) in [6.07, 6.45) is 3.65. The molecular weight excluding hydrogens is 248 g/mol. The molecule has 3 N–H and O–H groups in total. The average molecular weight is 276 g/mol. The highest BCUT2D eigenvalue weighted by molar-refractivity contribution is 4.87. The number of unbranched alkanes of at least 4 members (excludes halogenated alkanes) is 5. The lowest BCUT2D eigenvalue weighted by Crippen LogP contribution is -2.40. The zero-order valence-electron chi connectivity index (χ0n) is 11.8. The lowest BCUT2D eigenvalue weighted by molar-refractivity contribution is -0.0813. The van der Waals surface area contributed by atoms with Gasteiger partial charge in [0.15, 0.2) is 0 Å². The van der Waals surface area contributed by atoms with E-state index in [1.165, 1.54) is 25.7 Å². The highest BCUT2D eigenvalue weighted by Gasteiger charge is 2.39. The lowest BCUT2D eigenvalue weighted by Gasteiger charge is -2.20. The van der Waals surface area contributed by atoms with Gasteiger partial charge in [0.1, 0.15) is 24.4 Å². The summed E-state index contributed by atoms with van der Waals surface area (Å²) in [6, 6.07) is 0. The van der Waals surface area contributed by atoms with Gasteiger partial charge in [-0.15, -0.1) is 0 Å². The molecule has 0 aliphatic carbocycles. The van der Waals surface area contributed by atoms with E-state index in [0.29, 0.717) is 6.61 Å². The van der Waals surface area contributed by atoms with E-state index in [1.807, 2.05) is 0 Å². The monoisotopic (exact) mass is 276 g/mol. The lowest BCUT2D eigenvalue weighted by atomic mass is 10.1. The number of rotatable bonds is 10. The number of hydrogen-bond acceptors (Lipinski definition) is 5. The molecule has 0 bridgehead atoms. The summed E-state index contributed by atoms with van der Waals surface area (Å²) < 4.78 is 10.5. The first kappa shape index (κ1) is 16.9. The van der Waals surface area contributed by atoms with Crippen molar-refractivity contribution in [3.8, 4) is 0 Å². The van der Waals surface area contributed by atoms with Crippen LogP contribution in [-0.2, 0) is 9.47 Å². The quantitative estimate of drug-likeness (QED) is 0.515. The zero-order chi connectivity index (χ0) is 14.1. The maximum Gasteiger partial charge on any atom is 0.114 e. The zero-order valence-corrected chi connectivity index (χ0v) is 11.8. The molecule has 0 radical (unpaired) electrons. The summed E-state index contributed by atoms with van der Waals surface area (Å²) in [5.74, 6) is 0. The standard InChI is InChI=1S/C14H28O5/c1-2-3-4-5-6-7-8-18-9-12(16)14-13(17)11(15)10-19-14/h11-17H,2-10H2,1H3/t11-,12+,13-,14-/m1/s1. The Labute approximate surface area is 115 Å². The highest BCUT2D eigenvalue weighted by Crippen LogP contribution is 2.17. The molecule has 1 heterocycles. The second kappa shape index (κ2) is 9.66. The van der Waals surface area contributed by atoms with Crippen molar-refractivity contribution >= 4 is 0 Å². The Morgan fingerprint density at radius 3 is 2.47 bits per heavy atom. The molecule has 4 atom stereocenters. The summed E-state index contributed by atoms with van der Waals surface area (Å²) >= 11 is 0. The molecule has 0 aromatic carbocycles. The summed E-state index contributed by atoms with van der Waals surface area (Å²) in [5.41, 5.74) is 0. The highest BCUT2D eigenvalue weighted by atomic mass is 16.5. The molecule has 1 saturated heterocycles. The maximum atomic E-state index is 9.79. The first-order valence-electron chi connectivity index (χ1n) is 7.40. The van der Waals surface area contributed by atoms with Gasteiger partial charge in [-0.3, -0.25) is 0 Å². The first-order valence-corrected chi connectivity index (χ1v) is 7.40. The molecule has 1 rings (SSSR count). The molecule has 0 spiro atoms. The fraction of sp³-hybridized carbons (Fsp3) is 1.00. The minimum Gasteiger partial charge on any atom is -0.388 e. The summed E-state index contributed by atoms with van der Waals surface area (Å²) in [7, 11) is 0. The van der Waals surface area contributed by atoms with Gasteiger partial charge in [-0.25, -0.2) is 0 Å². The fourth-order valence-electron chi connectivity index (χ4n) is 2.25. The van der Waals surface area contributed by atoms with Crippen LogP contribution in [0.2, 0.25) is 0 Å². The van der Waals surface area contributed by atoms with Crippen LogP contribution in [0.3, 0.4) is 0 Å². The van der Waals surface area contributed by atoms with Crippen molar-refractivity contribution in [3.05, 3.63) is 0 Å². The van der Waals surface area contributed by atoms with E-state index in [1.54, 1.807) is 0 Å². The van der Waals surface area contributed by atoms with Gasteiger partial charge in [0.05, 0.1) is 13.2 Å². The largest absolute Gasteiger partial charge is 0.388 e. The predicted molar refractivity (Wildman–Crippen MR) is 72.0 cm³/mol. The molecule has 1 fully saturated rings. The van der Waals surface area contributed by atoms with Crippen molar-refractivity contribution in [1.29, 1.82) is 0 Å². The third-order valence-corrected chi connectivity index (χ3v) is 3.50. The first-order chi connectivity index (χ1) is 9.16. The fourth-order valence-corrected chi connectivity index (χ4v) is 2.25. The van der Waals surface area contributed by atoms with Gasteiger partial charge in [0.2, 0.25) is 0 Å². The maximum absolute atomic E-state index is 9.79. The van der Waals surface area contributed by atoms with Crippen LogP contribution in [0.4, 0.5) is 0 Å². The topological polar surface area (TPSA) is 79.2 Å². The van der Waals surface area contributed by atoms with Crippen molar-refractivity contribution in [3.63, 3.8) is 0 Å². The van der Waals surface area contributed by atoms with Gasteiger partial charge in [-0.2, -0.15) is 0 Å². The third-order valence-electron chi connectivity index (χ3n) is 3.50. The van der Waals surface area contributed by atoms with Gasteiger partial charge < -0.3 is 24.8 Å². The minimum atomic E-state index is -1.02. The van der Waals surface area contributed by atoms with Crippen LogP contribution in [0.5, 0.6) is 0 Å². The number of aliphatic hydroxyl groups is 3. The van der Waals surface area contributed by atoms with E-state index in [9.17, 15) is 15.3 Å². The van der Waals surface area contributed by atoms with E-state index in [2.05, 4.69) is 6.92 Å². The smallest absolute Gasteiger partial charge is 0.114 e. The van der Waals surface area contributed by atoms with Crippen LogP contribution in [0.1, 0.15) is 45.4 Å². The van der Waals surface area contributed by atoms with Gasteiger partial charge in [0, 0.05) is 6.61 Å². The molecule has 1 aliphatic rings. The van der Waals surface area contributed by atoms with E-state index < -0.39 is 24.4 Å². The third kappa shape index (κ3) is 6.19. The van der Waals surface area contributed by atoms with E-state index in [4.69, 9.17) is 9.47 Å². The summed E-state index contributed by atoms with van der Waals surface area (Å²) in [5, 5.41) is 28.7. The van der Waals surface area contributed by atoms with Crippen LogP contribution >= 0.6 is 0 Å². The van der Waals surface area contributed by atoms with Crippen LogP contribution in [-0.4, -0.2) is 59.6 Å². The van der Waals surface area contributed by atoms with Crippen LogP contribution in [0, 0.1) is 0 Å². The number of hydrogen-bond donors (Lipinski definition) is 3. The van der Waals surface area contributed by atoms with E-state index in [-0.39, 0.29) is 13.2 Å². The molecule has 0 amide bonds. The molecule has 0 aromatic heterocycles. The number of aliphatic hydroxyl groups excluding tert-OH is 3. The Morgan fingerprint density at radius 2 is 1.84 bits per heavy atom. The average Bonchev–Trinajstić information content (AvgIpc) is 2.73. The molecule has 5 nitrogen and oxygen atoms in total. The molecule has 0 saturated carbocycles. The molecule has 19 heavy (non-hydrogen) atoms. The second-order valence-corrected chi connectivity index (χ2v) is 5.27. The number of ether oxygens (including phenoxy) is 2. The van der Waals surface area contributed by atoms with Crippen LogP contribution < -0.4 is 0 Å². The van der Waals surface area contributed by atoms with Crippen LogP contribution in [0.25, 0.3) is 0 Å². The van der Waals surface area contributed by atoms with Crippen molar-refractivity contribution in [1.82, 2.24) is 0 Å². The molecule has 114 valence electrons. The summed E-state index contributed by atoms with van der Waals surface area (Å²) in [6.45, 7) is 3.03. The van der Waals surface area contributed by atoms with Crippen LogP contribution in [0.15, 0.2) is 0 Å². The Balaban J connectivity index is 1.97. The van der Waals surface area contributed by atoms with Gasteiger partial charge in [-0.1, -0.05) is 39.0 Å². The molecule has 5 heteroatoms. The summed E-state index contributed by atoms with van der Waals surface area (Å²) in [4.78, 5) is 0. The Hall–Kier alpha value is -0.200.